The SMILES string of the molecule is Cc1cc(=O)n(CCCC2CCCO2)cc1I. The van der Waals surface area contributed by atoms with E-state index in [1.54, 1.807) is 6.07 Å². The highest BCUT2D eigenvalue weighted by Crippen LogP contribution is 2.17. The molecule has 0 N–H and O–H groups in total. The Balaban J connectivity index is 1.90. The molecule has 0 aromatic carbocycles. The Labute approximate surface area is 115 Å². The first-order valence-electron chi connectivity index (χ1n) is 6.15. The third-order valence-corrected chi connectivity index (χ3v) is 4.35. The van der Waals surface area contributed by atoms with Crippen molar-refractivity contribution < 1.29 is 4.74 Å². The van der Waals surface area contributed by atoms with Crippen LogP contribution in [0.2, 0.25) is 0 Å². The summed E-state index contributed by atoms with van der Waals surface area (Å²) in [7, 11) is 0. The van der Waals surface area contributed by atoms with Crippen molar-refractivity contribution >= 4 is 22.6 Å². The van der Waals surface area contributed by atoms with Crippen molar-refractivity contribution in [3.05, 3.63) is 31.8 Å². The predicted molar refractivity (Wildman–Crippen MR) is 76.4 cm³/mol. The molecule has 1 aromatic heterocycles. The monoisotopic (exact) mass is 347 g/mol. The maximum absolute atomic E-state index is 11.7. The highest BCUT2D eigenvalue weighted by Gasteiger charge is 2.14. The standard InChI is InChI=1S/C13H18INO2/c1-10-8-13(16)15(9-12(10)14)6-2-4-11-5-3-7-17-11/h8-9,11H,2-7H2,1H3. The Morgan fingerprint density at radius 3 is 3.12 bits per heavy atom. The number of pyridine rings is 1. The minimum absolute atomic E-state index is 0.107. The second kappa shape index (κ2) is 6.00. The summed E-state index contributed by atoms with van der Waals surface area (Å²) in [6.07, 6.45) is 6.83. The Morgan fingerprint density at radius 1 is 1.59 bits per heavy atom. The first-order chi connectivity index (χ1) is 8.16. The van der Waals surface area contributed by atoms with E-state index >= 15 is 0 Å². The van der Waals surface area contributed by atoms with E-state index in [0.717, 1.165) is 35.1 Å². The fraction of sp³-hybridized carbons (Fsp3) is 0.615. The van der Waals surface area contributed by atoms with Crippen LogP contribution in [0.4, 0.5) is 0 Å². The summed E-state index contributed by atoms with van der Waals surface area (Å²) in [6, 6.07) is 1.72. The van der Waals surface area contributed by atoms with Crippen LogP contribution < -0.4 is 5.56 Å². The number of aromatic nitrogens is 1. The number of halogens is 1. The molecule has 17 heavy (non-hydrogen) atoms. The summed E-state index contributed by atoms with van der Waals surface area (Å²) >= 11 is 2.27. The second-order valence-corrected chi connectivity index (χ2v) is 5.78. The van der Waals surface area contributed by atoms with Crippen LogP contribution in [0.1, 0.15) is 31.2 Å². The summed E-state index contributed by atoms with van der Waals surface area (Å²) in [5, 5.41) is 0. The average molecular weight is 347 g/mol. The summed E-state index contributed by atoms with van der Waals surface area (Å²) < 4.78 is 8.54. The van der Waals surface area contributed by atoms with Crippen molar-refractivity contribution in [1.29, 1.82) is 0 Å². The number of hydrogen-bond acceptors (Lipinski definition) is 2. The molecule has 1 aromatic rings. The van der Waals surface area contributed by atoms with Crippen molar-refractivity contribution in [3.63, 3.8) is 0 Å². The molecule has 4 heteroatoms. The van der Waals surface area contributed by atoms with Crippen LogP contribution in [0, 0.1) is 10.5 Å². The minimum atomic E-state index is 0.107. The molecule has 2 heterocycles. The lowest BCUT2D eigenvalue weighted by Gasteiger charge is -2.11. The lowest BCUT2D eigenvalue weighted by Crippen LogP contribution is -2.20. The maximum atomic E-state index is 11.7. The molecule has 1 fully saturated rings. The van der Waals surface area contributed by atoms with Crippen LogP contribution in [-0.4, -0.2) is 17.3 Å². The molecule has 0 amide bonds. The van der Waals surface area contributed by atoms with Crippen molar-refractivity contribution in [2.45, 2.75) is 45.3 Å². The van der Waals surface area contributed by atoms with Gasteiger partial charge in [0.05, 0.1) is 6.10 Å². The Bertz CT molecular complexity index is 436. The van der Waals surface area contributed by atoms with Gasteiger partial charge in [-0.3, -0.25) is 4.79 Å². The summed E-state index contributed by atoms with van der Waals surface area (Å²) in [6.45, 7) is 3.68. The molecule has 1 unspecified atom stereocenters. The van der Waals surface area contributed by atoms with Crippen LogP contribution in [-0.2, 0) is 11.3 Å². The zero-order valence-electron chi connectivity index (χ0n) is 10.1. The van der Waals surface area contributed by atoms with Gasteiger partial charge in [0, 0.05) is 29.0 Å². The molecule has 2 rings (SSSR count). The van der Waals surface area contributed by atoms with Gasteiger partial charge in [0.1, 0.15) is 0 Å². The topological polar surface area (TPSA) is 31.2 Å². The fourth-order valence-corrected chi connectivity index (χ4v) is 2.67. The van der Waals surface area contributed by atoms with Crippen LogP contribution in [0.3, 0.4) is 0 Å². The third-order valence-electron chi connectivity index (χ3n) is 3.22. The first kappa shape index (κ1) is 13.1. The number of hydrogen-bond donors (Lipinski definition) is 0. The Kier molecular flexibility index (Phi) is 4.62. The highest BCUT2D eigenvalue weighted by molar-refractivity contribution is 14.1. The molecule has 1 saturated heterocycles. The van der Waals surface area contributed by atoms with Crippen LogP contribution in [0.25, 0.3) is 0 Å². The summed E-state index contributed by atoms with van der Waals surface area (Å²) in [5.41, 5.74) is 1.17. The molecular formula is C13H18INO2. The minimum Gasteiger partial charge on any atom is -0.378 e. The van der Waals surface area contributed by atoms with Gasteiger partial charge in [-0.2, -0.15) is 0 Å². The van der Waals surface area contributed by atoms with Gasteiger partial charge in [-0.05, 0) is 60.8 Å². The van der Waals surface area contributed by atoms with Gasteiger partial charge in [0.15, 0.2) is 0 Å². The third kappa shape index (κ3) is 3.55. The summed E-state index contributed by atoms with van der Waals surface area (Å²) in [4.78, 5) is 11.7. The molecule has 1 aliphatic rings. The van der Waals surface area contributed by atoms with Gasteiger partial charge in [0.2, 0.25) is 0 Å². The molecular weight excluding hydrogens is 329 g/mol. The quantitative estimate of drug-likeness (QED) is 0.785. The van der Waals surface area contributed by atoms with Gasteiger partial charge < -0.3 is 9.30 Å². The van der Waals surface area contributed by atoms with Crippen molar-refractivity contribution in [2.75, 3.05) is 6.61 Å². The van der Waals surface area contributed by atoms with Crippen LogP contribution >= 0.6 is 22.6 Å². The largest absolute Gasteiger partial charge is 0.378 e. The number of ether oxygens (including phenoxy) is 1. The number of nitrogens with zero attached hydrogens (tertiary/aromatic N) is 1. The smallest absolute Gasteiger partial charge is 0.250 e. The maximum Gasteiger partial charge on any atom is 0.250 e. The Hall–Kier alpha value is -0.360. The van der Waals surface area contributed by atoms with E-state index in [1.165, 1.54) is 12.8 Å². The molecule has 0 bridgehead atoms. The van der Waals surface area contributed by atoms with E-state index in [0.29, 0.717) is 6.10 Å². The van der Waals surface area contributed by atoms with E-state index in [2.05, 4.69) is 22.6 Å². The van der Waals surface area contributed by atoms with Crippen molar-refractivity contribution in [3.8, 4) is 0 Å². The molecule has 0 aliphatic carbocycles. The molecule has 1 atom stereocenters. The average Bonchev–Trinajstić information content (AvgIpc) is 2.78. The fourth-order valence-electron chi connectivity index (χ4n) is 2.18. The summed E-state index contributed by atoms with van der Waals surface area (Å²) in [5.74, 6) is 0. The normalized spacial score (nSPS) is 19.8. The molecule has 1 aliphatic heterocycles. The number of rotatable bonds is 4. The lowest BCUT2D eigenvalue weighted by atomic mass is 10.1. The molecule has 0 spiro atoms. The lowest BCUT2D eigenvalue weighted by molar-refractivity contribution is 0.101. The van der Waals surface area contributed by atoms with Gasteiger partial charge in [-0.15, -0.1) is 0 Å². The molecule has 3 nitrogen and oxygen atoms in total. The molecule has 0 saturated carbocycles. The first-order valence-corrected chi connectivity index (χ1v) is 7.23. The predicted octanol–water partition coefficient (Wildman–Crippen LogP) is 2.72. The zero-order valence-corrected chi connectivity index (χ0v) is 12.3. The zero-order chi connectivity index (χ0) is 12.3. The van der Waals surface area contributed by atoms with Crippen LogP contribution in [0.5, 0.6) is 0 Å². The van der Waals surface area contributed by atoms with E-state index in [9.17, 15) is 4.79 Å². The van der Waals surface area contributed by atoms with Gasteiger partial charge in [-0.1, -0.05) is 0 Å². The second-order valence-electron chi connectivity index (χ2n) is 4.61. The van der Waals surface area contributed by atoms with Gasteiger partial charge in [0.25, 0.3) is 5.56 Å². The van der Waals surface area contributed by atoms with Gasteiger partial charge in [-0.25, -0.2) is 0 Å². The highest BCUT2D eigenvalue weighted by atomic mass is 127. The van der Waals surface area contributed by atoms with Crippen molar-refractivity contribution in [1.82, 2.24) is 4.57 Å². The van der Waals surface area contributed by atoms with Crippen LogP contribution in [0.15, 0.2) is 17.1 Å². The molecule has 94 valence electrons. The Morgan fingerprint density at radius 2 is 2.41 bits per heavy atom. The molecule has 0 radical (unpaired) electrons. The van der Waals surface area contributed by atoms with Crippen molar-refractivity contribution in [2.24, 2.45) is 0 Å². The van der Waals surface area contributed by atoms with E-state index in [1.807, 2.05) is 17.7 Å². The van der Waals surface area contributed by atoms with Gasteiger partial charge >= 0.3 is 0 Å². The van der Waals surface area contributed by atoms with E-state index in [4.69, 9.17) is 4.74 Å². The van der Waals surface area contributed by atoms with E-state index < -0.39 is 0 Å². The number of aryl methyl sites for hydroxylation is 2. The van der Waals surface area contributed by atoms with E-state index in [-0.39, 0.29) is 5.56 Å².